The zero-order valence-corrected chi connectivity index (χ0v) is 12.4. The molecule has 1 unspecified atom stereocenters. The molecule has 18 heavy (non-hydrogen) atoms. The average molecular weight is 335 g/mol. The second kappa shape index (κ2) is 6.75. The van der Waals surface area contributed by atoms with Crippen LogP contribution in [0, 0.1) is 5.92 Å². The molecule has 0 aromatic heterocycles. The monoisotopic (exact) mass is 333 g/mol. The highest BCUT2D eigenvalue weighted by atomic mass is 79.9. The van der Waals surface area contributed by atoms with Crippen molar-refractivity contribution in [1.82, 2.24) is 0 Å². The third kappa shape index (κ3) is 4.76. The van der Waals surface area contributed by atoms with Crippen molar-refractivity contribution in [2.24, 2.45) is 5.92 Å². The fraction of sp³-hybridized carbons (Fsp3) is 0.538. The quantitative estimate of drug-likeness (QED) is 0.804. The Morgan fingerprint density at radius 2 is 2.28 bits per heavy atom. The van der Waals surface area contributed by atoms with Gasteiger partial charge in [-0.05, 0) is 52.9 Å². The molecule has 0 spiro atoms. The van der Waals surface area contributed by atoms with Gasteiger partial charge < -0.3 is 15.2 Å². The van der Waals surface area contributed by atoms with Crippen LogP contribution >= 0.6 is 27.5 Å². The lowest BCUT2D eigenvalue weighted by molar-refractivity contribution is 0.0386. The third-order valence-electron chi connectivity index (χ3n) is 2.82. The molecule has 2 N–H and O–H groups in total. The van der Waals surface area contributed by atoms with E-state index in [1.807, 2.05) is 18.2 Å². The van der Waals surface area contributed by atoms with E-state index in [2.05, 4.69) is 21.2 Å². The molecular weight excluding hydrogens is 318 g/mol. The highest BCUT2D eigenvalue weighted by molar-refractivity contribution is 9.10. The van der Waals surface area contributed by atoms with Crippen LogP contribution < -0.4 is 5.32 Å². The standard InChI is InChI=1S/C13H17BrClNO2/c14-12-5-10(15)3-4-13(12)16-6-11(17)8-18-7-9-1-2-9/h3-5,9,11,16-17H,1-2,6-8H2. The first-order valence-corrected chi connectivity index (χ1v) is 7.27. The molecule has 1 aromatic carbocycles. The van der Waals surface area contributed by atoms with Gasteiger partial charge in [0.1, 0.15) is 0 Å². The number of ether oxygens (including phenoxy) is 1. The van der Waals surface area contributed by atoms with Crippen molar-refractivity contribution in [3.05, 3.63) is 27.7 Å². The number of anilines is 1. The number of hydrogen-bond acceptors (Lipinski definition) is 3. The van der Waals surface area contributed by atoms with Gasteiger partial charge in [-0.2, -0.15) is 0 Å². The number of nitrogens with one attached hydrogen (secondary N) is 1. The Morgan fingerprint density at radius 1 is 1.50 bits per heavy atom. The van der Waals surface area contributed by atoms with Gasteiger partial charge in [0.05, 0.1) is 12.7 Å². The highest BCUT2D eigenvalue weighted by Gasteiger charge is 2.21. The van der Waals surface area contributed by atoms with E-state index in [4.69, 9.17) is 16.3 Å². The molecule has 1 atom stereocenters. The van der Waals surface area contributed by atoms with Crippen LogP contribution in [0.2, 0.25) is 5.02 Å². The summed E-state index contributed by atoms with van der Waals surface area (Å²) in [7, 11) is 0. The van der Waals surface area contributed by atoms with Crippen LogP contribution in [-0.2, 0) is 4.74 Å². The molecule has 0 amide bonds. The van der Waals surface area contributed by atoms with E-state index in [0.717, 1.165) is 22.7 Å². The first kappa shape index (κ1) is 14.1. The van der Waals surface area contributed by atoms with Crippen LogP contribution in [0.3, 0.4) is 0 Å². The van der Waals surface area contributed by atoms with E-state index >= 15 is 0 Å². The number of aliphatic hydroxyl groups is 1. The van der Waals surface area contributed by atoms with Crippen molar-refractivity contribution in [2.45, 2.75) is 18.9 Å². The lowest BCUT2D eigenvalue weighted by Crippen LogP contribution is -2.25. The second-order valence-corrected chi connectivity index (χ2v) is 5.93. The first-order chi connectivity index (χ1) is 8.65. The summed E-state index contributed by atoms with van der Waals surface area (Å²) in [6.07, 6.45) is 2.05. The smallest absolute Gasteiger partial charge is 0.0945 e. The summed E-state index contributed by atoms with van der Waals surface area (Å²) < 4.78 is 6.32. The normalized spacial score (nSPS) is 16.6. The topological polar surface area (TPSA) is 41.5 Å². The maximum absolute atomic E-state index is 9.76. The Balaban J connectivity index is 1.68. The van der Waals surface area contributed by atoms with Crippen LogP contribution in [0.1, 0.15) is 12.8 Å². The molecule has 0 aliphatic heterocycles. The van der Waals surface area contributed by atoms with Crippen LogP contribution in [-0.4, -0.2) is 31.0 Å². The SMILES string of the molecule is OC(CNc1ccc(Cl)cc1Br)COCC1CC1. The molecule has 0 bridgehead atoms. The van der Waals surface area contributed by atoms with Gasteiger partial charge in [0.15, 0.2) is 0 Å². The Bertz CT molecular complexity index is 399. The van der Waals surface area contributed by atoms with E-state index in [-0.39, 0.29) is 0 Å². The molecule has 3 nitrogen and oxygen atoms in total. The predicted octanol–water partition coefficient (Wildman–Crippen LogP) is 3.30. The molecule has 2 rings (SSSR count). The molecule has 1 aliphatic carbocycles. The Kier molecular flexibility index (Phi) is 5.30. The van der Waals surface area contributed by atoms with Gasteiger partial charge >= 0.3 is 0 Å². The summed E-state index contributed by atoms with van der Waals surface area (Å²) in [6, 6.07) is 5.51. The minimum atomic E-state index is -0.494. The second-order valence-electron chi connectivity index (χ2n) is 4.64. The van der Waals surface area contributed by atoms with Crippen molar-refractivity contribution in [1.29, 1.82) is 0 Å². The van der Waals surface area contributed by atoms with Crippen molar-refractivity contribution in [3.63, 3.8) is 0 Å². The van der Waals surface area contributed by atoms with Crippen LogP contribution in [0.15, 0.2) is 22.7 Å². The largest absolute Gasteiger partial charge is 0.389 e. The lowest BCUT2D eigenvalue weighted by atomic mass is 10.3. The molecule has 5 heteroatoms. The fourth-order valence-corrected chi connectivity index (χ4v) is 2.40. The number of hydrogen-bond donors (Lipinski definition) is 2. The molecule has 1 saturated carbocycles. The minimum Gasteiger partial charge on any atom is -0.389 e. The van der Waals surface area contributed by atoms with Gasteiger partial charge in [-0.15, -0.1) is 0 Å². The lowest BCUT2D eigenvalue weighted by Gasteiger charge is -2.14. The molecular formula is C13H17BrClNO2. The highest BCUT2D eigenvalue weighted by Crippen LogP contribution is 2.29. The van der Waals surface area contributed by atoms with Gasteiger partial charge in [0.25, 0.3) is 0 Å². The maximum atomic E-state index is 9.76. The van der Waals surface area contributed by atoms with Crippen LogP contribution in [0.4, 0.5) is 5.69 Å². The molecule has 100 valence electrons. The van der Waals surface area contributed by atoms with Gasteiger partial charge in [-0.1, -0.05) is 11.6 Å². The van der Waals surface area contributed by atoms with Gasteiger partial charge in [0, 0.05) is 28.3 Å². The zero-order chi connectivity index (χ0) is 13.0. The maximum Gasteiger partial charge on any atom is 0.0945 e. The van der Waals surface area contributed by atoms with Crippen molar-refractivity contribution in [3.8, 4) is 0 Å². The molecule has 1 aromatic rings. The molecule has 1 fully saturated rings. The van der Waals surface area contributed by atoms with Crippen molar-refractivity contribution < 1.29 is 9.84 Å². The Morgan fingerprint density at radius 3 is 2.94 bits per heavy atom. The molecule has 1 aliphatic rings. The van der Waals surface area contributed by atoms with Crippen LogP contribution in [0.25, 0.3) is 0 Å². The summed E-state index contributed by atoms with van der Waals surface area (Å²) >= 11 is 9.27. The summed E-state index contributed by atoms with van der Waals surface area (Å²) in [5, 5.41) is 13.6. The summed E-state index contributed by atoms with van der Waals surface area (Å²) in [5.41, 5.74) is 0.917. The predicted molar refractivity (Wildman–Crippen MR) is 77.2 cm³/mol. The van der Waals surface area contributed by atoms with E-state index in [9.17, 15) is 5.11 Å². The fourth-order valence-electron chi connectivity index (χ4n) is 1.57. The van der Waals surface area contributed by atoms with Gasteiger partial charge in [-0.25, -0.2) is 0 Å². The summed E-state index contributed by atoms with van der Waals surface area (Å²) in [4.78, 5) is 0. The molecule has 0 heterocycles. The minimum absolute atomic E-state index is 0.384. The van der Waals surface area contributed by atoms with Crippen molar-refractivity contribution >= 4 is 33.2 Å². The molecule has 0 saturated heterocycles. The average Bonchev–Trinajstić information content (AvgIpc) is 3.12. The van der Waals surface area contributed by atoms with E-state index in [1.54, 1.807) is 0 Å². The number of rotatable bonds is 7. The van der Waals surface area contributed by atoms with E-state index in [1.165, 1.54) is 12.8 Å². The Labute approximate surface area is 121 Å². The number of benzene rings is 1. The number of aliphatic hydroxyl groups excluding tert-OH is 1. The first-order valence-electron chi connectivity index (χ1n) is 6.10. The third-order valence-corrected chi connectivity index (χ3v) is 3.71. The summed E-state index contributed by atoms with van der Waals surface area (Å²) in [6.45, 7) is 1.63. The van der Waals surface area contributed by atoms with E-state index < -0.39 is 6.10 Å². The summed E-state index contributed by atoms with van der Waals surface area (Å²) in [5.74, 6) is 0.732. The van der Waals surface area contributed by atoms with Gasteiger partial charge in [0.2, 0.25) is 0 Å². The number of halogens is 2. The van der Waals surface area contributed by atoms with Crippen molar-refractivity contribution in [2.75, 3.05) is 25.1 Å². The van der Waals surface area contributed by atoms with E-state index in [0.29, 0.717) is 18.2 Å². The zero-order valence-electron chi connectivity index (χ0n) is 10.0. The Hall–Kier alpha value is -0.290. The molecule has 0 radical (unpaired) electrons. The van der Waals surface area contributed by atoms with Crippen LogP contribution in [0.5, 0.6) is 0 Å². The van der Waals surface area contributed by atoms with Gasteiger partial charge in [-0.3, -0.25) is 0 Å².